The third-order valence-electron chi connectivity index (χ3n) is 4.35. The summed E-state index contributed by atoms with van der Waals surface area (Å²) in [5, 5.41) is 14.7. The molecule has 7 nitrogen and oxygen atoms in total. The van der Waals surface area contributed by atoms with Crippen molar-refractivity contribution < 1.29 is 0 Å². The van der Waals surface area contributed by atoms with E-state index < -0.39 is 0 Å². The van der Waals surface area contributed by atoms with Crippen molar-refractivity contribution in [3.05, 3.63) is 35.4 Å². The van der Waals surface area contributed by atoms with Crippen LogP contribution in [0.15, 0.2) is 23.6 Å². The summed E-state index contributed by atoms with van der Waals surface area (Å²) in [5.41, 5.74) is 3.54. The highest BCUT2D eigenvalue weighted by atomic mass is 15.3. The Kier molecular flexibility index (Phi) is 4.64. The molecule has 0 spiro atoms. The molecule has 2 N–H and O–H groups in total. The van der Waals surface area contributed by atoms with Gasteiger partial charge < -0.3 is 10.2 Å². The van der Waals surface area contributed by atoms with Gasteiger partial charge in [0.15, 0.2) is 5.96 Å². The van der Waals surface area contributed by atoms with E-state index in [0.29, 0.717) is 12.5 Å². The second-order valence-electron chi connectivity index (χ2n) is 6.07. The van der Waals surface area contributed by atoms with Crippen molar-refractivity contribution >= 4 is 5.96 Å². The molecule has 0 aliphatic carbocycles. The number of aliphatic imine (C=N–C) groups is 1. The molecule has 1 aliphatic heterocycles. The first-order valence-electron chi connectivity index (χ1n) is 8.18. The zero-order valence-electron chi connectivity index (χ0n) is 14.1. The van der Waals surface area contributed by atoms with Crippen molar-refractivity contribution in [3.8, 4) is 0 Å². The molecule has 1 fully saturated rings. The molecule has 0 aromatic carbocycles. The summed E-state index contributed by atoms with van der Waals surface area (Å²) in [4.78, 5) is 7.13. The van der Waals surface area contributed by atoms with Gasteiger partial charge in [-0.15, -0.1) is 0 Å². The van der Waals surface area contributed by atoms with Crippen molar-refractivity contribution in [1.29, 1.82) is 0 Å². The summed E-state index contributed by atoms with van der Waals surface area (Å²) in [6.45, 7) is 7.67. The molecule has 1 saturated heterocycles. The van der Waals surface area contributed by atoms with Gasteiger partial charge in [-0.05, 0) is 25.8 Å². The molecule has 0 radical (unpaired) electrons. The number of hydrogen-bond acceptors (Lipinski definition) is 3. The van der Waals surface area contributed by atoms with Crippen LogP contribution in [0.2, 0.25) is 0 Å². The van der Waals surface area contributed by atoms with Gasteiger partial charge in [0.05, 0.1) is 18.9 Å². The Labute approximate surface area is 136 Å². The maximum atomic E-state index is 4.78. The Morgan fingerprint density at radius 3 is 3.00 bits per heavy atom. The number of nitrogens with one attached hydrogen (secondary N) is 2. The molecule has 1 unspecified atom stereocenters. The Morgan fingerprint density at radius 1 is 1.48 bits per heavy atom. The summed E-state index contributed by atoms with van der Waals surface area (Å²) in [5.74, 6) is 1.52. The summed E-state index contributed by atoms with van der Waals surface area (Å²) >= 11 is 0. The van der Waals surface area contributed by atoms with Crippen LogP contribution in [0.4, 0.5) is 0 Å². The Balaban J connectivity index is 1.68. The van der Waals surface area contributed by atoms with Crippen molar-refractivity contribution in [2.24, 2.45) is 12.0 Å². The highest BCUT2D eigenvalue weighted by molar-refractivity contribution is 5.80. The second kappa shape index (κ2) is 6.85. The van der Waals surface area contributed by atoms with Crippen molar-refractivity contribution in [2.45, 2.75) is 32.7 Å². The minimum absolute atomic E-state index is 0.531. The molecule has 3 heterocycles. The van der Waals surface area contributed by atoms with E-state index in [1.54, 1.807) is 0 Å². The number of aromatic amines is 1. The van der Waals surface area contributed by atoms with Gasteiger partial charge in [0.25, 0.3) is 0 Å². The van der Waals surface area contributed by atoms with E-state index >= 15 is 0 Å². The fraction of sp³-hybridized carbons (Fsp3) is 0.562. The molecule has 0 amide bonds. The fourth-order valence-corrected chi connectivity index (χ4v) is 3.00. The minimum atomic E-state index is 0.531. The molecule has 2 aromatic rings. The number of nitrogens with zero attached hydrogens (tertiary/aromatic N) is 5. The van der Waals surface area contributed by atoms with Gasteiger partial charge in [-0.2, -0.15) is 10.2 Å². The summed E-state index contributed by atoms with van der Waals surface area (Å²) < 4.78 is 1.87. The van der Waals surface area contributed by atoms with Gasteiger partial charge in [-0.1, -0.05) is 0 Å². The van der Waals surface area contributed by atoms with E-state index in [2.05, 4.69) is 38.6 Å². The third kappa shape index (κ3) is 3.55. The molecule has 0 saturated carbocycles. The molecule has 7 heteroatoms. The smallest absolute Gasteiger partial charge is 0.194 e. The average Bonchev–Trinajstić information content (AvgIpc) is 3.25. The zero-order chi connectivity index (χ0) is 16.2. The molecular weight excluding hydrogens is 290 g/mol. The van der Waals surface area contributed by atoms with E-state index in [9.17, 15) is 0 Å². The summed E-state index contributed by atoms with van der Waals surface area (Å²) in [6, 6.07) is 0. The van der Waals surface area contributed by atoms with Crippen LogP contribution < -0.4 is 5.32 Å². The third-order valence-corrected chi connectivity index (χ3v) is 4.35. The Morgan fingerprint density at radius 2 is 2.35 bits per heavy atom. The van der Waals surface area contributed by atoms with Gasteiger partial charge >= 0.3 is 0 Å². The van der Waals surface area contributed by atoms with Crippen LogP contribution in [0, 0.1) is 6.92 Å². The van der Waals surface area contributed by atoms with Gasteiger partial charge in [0.2, 0.25) is 0 Å². The Bertz CT molecular complexity index is 670. The highest BCUT2D eigenvalue weighted by Gasteiger charge is 2.26. The van der Waals surface area contributed by atoms with Crippen molar-refractivity contribution in [2.75, 3.05) is 19.6 Å². The number of aryl methyl sites for hydroxylation is 2. The standard InChI is InChI=1S/C16H25N7/c1-4-17-16(18-7-14-8-19-21-12(14)2)23-6-5-13(11-23)15-9-20-22(3)10-15/h8-10,13H,4-7,11H2,1-3H3,(H,17,18)(H,19,21). The van der Waals surface area contributed by atoms with Crippen LogP contribution in [-0.2, 0) is 13.6 Å². The first-order chi connectivity index (χ1) is 11.2. The summed E-state index contributed by atoms with van der Waals surface area (Å²) in [7, 11) is 1.97. The average molecular weight is 315 g/mol. The molecular formula is C16H25N7. The van der Waals surface area contributed by atoms with Crippen LogP contribution >= 0.6 is 0 Å². The minimum Gasteiger partial charge on any atom is -0.357 e. The number of aromatic nitrogens is 4. The molecule has 1 aliphatic rings. The maximum Gasteiger partial charge on any atom is 0.194 e. The predicted octanol–water partition coefficient (Wildman–Crippen LogP) is 1.41. The lowest BCUT2D eigenvalue weighted by molar-refractivity contribution is 0.486. The van der Waals surface area contributed by atoms with E-state index in [-0.39, 0.29) is 0 Å². The molecule has 0 bridgehead atoms. The molecule has 124 valence electrons. The summed E-state index contributed by atoms with van der Waals surface area (Å²) in [6.07, 6.45) is 7.09. The van der Waals surface area contributed by atoms with Crippen LogP contribution in [0.5, 0.6) is 0 Å². The number of guanidine groups is 1. The normalized spacial score (nSPS) is 18.7. The van der Waals surface area contributed by atoms with E-state index in [4.69, 9.17) is 4.99 Å². The Hall–Kier alpha value is -2.31. The quantitative estimate of drug-likeness (QED) is 0.661. The van der Waals surface area contributed by atoms with Gasteiger partial charge in [-0.3, -0.25) is 9.78 Å². The lowest BCUT2D eigenvalue weighted by Crippen LogP contribution is -2.40. The van der Waals surface area contributed by atoms with Crippen molar-refractivity contribution in [3.63, 3.8) is 0 Å². The van der Waals surface area contributed by atoms with Crippen LogP contribution in [-0.4, -0.2) is 50.5 Å². The van der Waals surface area contributed by atoms with Gasteiger partial charge in [-0.25, -0.2) is 4.99 Å². The fourth-order valence-electron chi connectivity index (χ4n) is 3.00. The molecule has 1 atom stereocenters. The van der Waals surface area contributed by atoms with E-state index in [1.807, 2.05) is 31.0 Å². The monoisotopic (exact) mass is 315 g/mol. The van der Waals surface area contributed by atoms with Crippen LogP contribution in [0.3, 0.4) is 0 Å². The largest absolute Gasteiger partial charge is 0.357 e. The first kappa shape index (κ1) is 15.6. The second-order valence-corrected chi connectivity index (χ2v) is 6.07. The van der Waals surface area contributed by atoms with E-state index in [0.717, 1.165) is 43.3 Å². The molecule has 3 rings (SSSR count). The lowest BCUT2D eigenvalue weighted by atomic mass is 10.0. The molecule has 2 aromatic heterocycles. The number of rotatable bonds is 4. The lowest BCUT2D eigenvalue weighted by Gasteiger charge is -2.21. The first-order valence-corrected chi connectivity index (χ1v) is 8.18. The van der Waals surface area contributed by atoms with Crippen LogP contribution in [0.1, 0.15) is 36.1 Å². The maximum absolute atomic E-state index is 4.78. The topological polar surface area (TPSA) is 74.1 Å². The number of H-pyrrole nitrogens is 1. The van der Waals surface area contributed by atoms with Crippen molar-refractivity contribution in [1.82, 2.24) is 30.2 Å². The molecule has 23 heavy (non-hydrogen) atoms. The van der Waals surface area contributed by atoms with Crippen LogP contribution in [0.25, 0.3) is 0 Å². The van der Waals surface area contributed by atoms with E-state index in [1.165, 1.54) is 5.56 Å². The predicted molar refractivity (Wildman–Crippen MR) is 90.3 cm³/mol. The zero-order valence-corrected chi connectivity index (χ0v) is 14.1. The van der Waals surface area contributed by atoms with Gasteiger partial charge in [0.1, 0.15) is 0 Å². The SMILES string of the molecule is CCNC(=NCc1cn[nH]c1C)N1CCC(c2cnn(C)c2)C1. The highest BCUT2D eigenvalue weighted by Crippen LogP contribution is 2.26. The van der Waals surface area contributed by atoms with Gasteiger partial charge in [0, 0.05) is 50.1 Å². The number of likely N-dealkylation sites (tertiary alicyclic amines) is 1. The number of hydrogen-bond donors (Lipinski definition) is 2.